The first-order chi connectivity index (χ1) is 11.2. The number of likely N-dealkylation sites (N-methyl/N-ethyl adjacent to an activating group) is 1. The lowest BCUT2D eigenvalue weighted by molar-refractivity contribution is -0.124. The van der Waals surface area contributed by atoms with Crippen LogP contribution in [-0.2, 0) is 16.1 Å². The van der Waals surface area contributed by atoms with E-state index in [2.05, 4.69) is 27.2 Å². The number of amides is 1. The van der Waals surface area contributed by atoms with Crippen LogP contribution in [0.4, 0.5) is 0 Å². The van der Waals surface area contributed by atoms with E-state index >= 15 is 0 Å². The lowest BCUT2D eigenvalue weighted by Crippen LogP contribution is -2.30. The number of carbonyl (C=O) groups is 1. The van der Waals surface area contributed by atoms with Crippen molar-refractivity contribution in [1.82, 2.24) is 30.0 Å². The Kier molecular flexibility index (Phi) is 4.82. The van der Waals surface area contributed by atoms with Gasteiger partial charge in [-0.3, -0.25) is 4.79 Å². The summed E-state index contributed by atoms with van der Waals surface area (Å²) in [5.74, 6) is 0.260. The fourth-order valence-electron chi connectivity index (χ4n) is 3.00. The maximum atomic E-state index is 11.4. The van der Waals surface area contributed by atoms with Crippen molar-refractivity contribution in [3.63, 3.8) is 0 Å². The summed E-state index contributed by atoms with van der Waals surface area (Å²) in [6.45, 7) is 3.19. The van der Waals surface area contributed by atoms with E-state index in [4.69, 9.17) is 9.84 Å². The summed E-state index contributed by atoms with van der Waals surface area (Å²) in [4.78, 5) is 22.6. The van der Waals surface area contributed by atoms with E-state index in [1.165, 1.54) is 7.11 Å². The SMILES string of the molecule is COCC(=O)NCCn1nc([C@@H]2CCN(C)C2)c2nccnc21. The molecule has 1 atom stereocenters. The quantitative estimate of drug-likeness (QED) is 0.807. The van der Waals surface area contributed by atoms with E-state index in [1.54, 1.807) is 12.4 Å². The van der Waals surface area contributed by atoms with Crippen LogP contribution in [0.25, 0.3) is 11.2 Å². The molecule has 3 heterocycles. The highest BCUT2D eigenvalue weighted by molar-refractivity contribution is 5.77. The molecule has 0 bridgehead atoms. The monoisotopic (exact) mass is 318 g/mol. The third kappa shape index (κ3) is 3.48. The van der Waals surface area contributed by atoms with Gasteiger partial charge in [0.05, 0.1) is 12.2 Å². The molecule has 0 unspecified atom stereocenters. The van der Waals surface area contributed by atoms with Crippen LogP contribution in [0, 0.1) is 0 Å². The normalized spacial score (nSPS) is 18.6. The Hall–Kier alpha value is -2.06. The third-order valence-corrected chi connectivity index (χ3v) is 4.09. The Morgan fingerprint density at radius 1 is 1.43 bits per heavy atom. The molecule has 23 heavy (non-hydrogen) atoms. The topological polar surface area (TPSA) is 85.2 Å². The van der Waals surface area contributed by atoms with Gasteiger partial charge in [-0.15, -0.1) is 0 Å². The number of nitrogens with zero attached hydrogens (tertiary/aromatic N) is 5. The number of carbonyl (C=O) groups excluding carboxylic acids is 1. The average Bonchev–Trinajstić information content (AvgIpc) is 3.12. The minimum atomic E-state index is -0.132. The van der Waals surface area contributed by atoms with Crippen molar-refractivity contribution in [3.05, 3.63) is 18.1 Å². The Morgan fingerprint density at radius 2 is 2.26 bits per heavy atom. The number of likely N-dealkylation sites (tertiary alicyclic amines) is 1. The highest BCUT2D eigenvalue weighted by Gasteiger charge is 2.27. The summed E-state index contributed by atoms with van der Waals surface area (Å²) in [6.07, 6.45) is 4.47. The molecule has 0 saturated carbocycles. The molecule has 8 heteroatoms. The first kappa shape index (κ1) is 15.8. The summed E-state index contributed by atoms with van der Waals surface area (Å²) < 4.78 is 6.63. The Balaban J connectivity index is 1.76. The fraction of sp³-hybridized carbons (Fsp3) is 0.600. The highest BCUT2D eigenvalue weighted by Crippen LogP contribution is 2.29. The molecular formula is C15H22N6O2. The van der Waals surface area contributed by atoms with Crippen molar-refractivity contribution in [2.24, 2.45) is 0 Å². The zero-order valence-electron chi connectivity index (χ0n) is 13.5. The van der Waals surface area contributed by atoms with Crippen LogP contribution in [0.15, 0.2) is 12.4 Å². The van der Waals surface area contributed by atoms with Crippen molar-refractivity contribution in [2.45, 2.75) is 18.9 Å². The smallest absolute Gasteiger partial charge is 0.246 e. The lowest BCUT2D eigenvalue weighted by Gasteiger charge is -2.07. The average molecular weight is 318 g/mol. The Morgan fingerprint density at radius 3 is 3.00 bits per heavy atom. The molecule has 3 rings (SSSR count). The number of fused-ring (bicyclic) bond motifs is 1. The van der Waals surface area contributed by atoms with Gasteiger partial charge in [0.15, 0.2) is 5.65 Å². The van der Waals surface area contributed by atoms with Crippen molar-refractivity contribution in [3.8, 4) is 0 Å². The molecule has 8 nitrogen and oxygen atoms in total. The summed E-state index contributed by atoms with van der Waals surface area (Å²) >= 11 is 0. The van der Waals surface area contributed by atoms with Crippen LogP contribution in [0.5, 0.6) is 0 Å². The van der Waals surface area contributed by atoms with Crippen LogP contribution in [-0.4, -0.2) is 71.0 Å². The van der Waals surface area contributed by atoms with E-state index in [0.717, 1.165) is 36.4 Å². The number of aromatic nitrogens is 4. The van der Waals surface area contributed by atoms with Crippen LogP contribution < -0.4 is 5.32 Å². The molecule has 1 amide bonds. The van der Waals surface area contributed by atoms with Crippen molar-refractivity contribution < 1.29 is 9.53 Å². The standard InChI is InChI=1S/C15H22N6O2/c1-20-7-3-11(9-20)13-14-15(18-5-4-17-14)21(19-13)8-6-16-12(22)10-23-2/h4-5,11H,3,6-10H2,1-2H3,(H,16,22)/t11-/m1/s1. The van der Waals surface area contributed by atoms with E-state index in [-0.39, 0.29) is 12.5 Å². The van der Waals surface area contributed by atoms with E-state index in [0.29, 0.717) is 19.0 Å². The molecule has 1 fully saturated rings. The van der Waals surface area contributed by atoms with Gasteiger partial charge in [-0.2, -0.15) is 5.10 Å². The molecule has 1 aliphatic heterocycles. The molecule has 0 radical (unpaired) electrons. The Bertz CT molecular complexity index is 686. The number of hydrogen-bond acceptors (Lipinski definition) is 6. The van der Waals surface area contributed by atoms with Crippen LogP contribution >= 0.6 is 0 Å². The van der Waals surface area contributed by atoms with Gasteiger partial charge in [-0.05, 0) is 20.0 Å². The molecule has 0 aliphatic carbocycles. The summed E-state index contributed by atoms with van der Waals surface area (Å²) in [5.41, 5.74) is 2.66. The second-order valence-electron chi connectivity index (χ2n) is 5.87. The second kappa shape index (κ2) is 7.01. The molecule has 124 valence electrons. The van der Waals surface area contributed by atoms with Crippen LogP contribution in [0.2, 0.25) is 0 Å². The fourth-order valence-corrected chi connectivity index (χ4v) is 3.00. The summed E-state index contributed by atoms with van der Waals surface area (Å²) in [6, 6.07) is 0. The summed E-state index contributed by atoms with van der Waals surface area (Å²) in [7, 11) is 3.62. The van der Waals surface area contributed by atoms with Gasteiger partial charge in [0, 0.05) is 38.5 Å². The molecule has 1 N–H and O–H groups in total. The van der Waals surface area contributed by atoms with Crippen LogP contribution in [0.1, 0.15) is 18.0 Å². The molecule has 1 aliphatic rings. The maximum absolute atomic E-state index is 11.4. The predicted molar refractivity (Wildman–Crippen MR) is 85.1 cm³/mol. The lowest BCUT2D eigenvalue weighted by atomic mass is 10.0. The number of ether oxygens (including phenoxy) is 1. The van der Waals surface area contributed by atoms with E-state index < -0.39 is 0 Å². The molecule has 0 spiro atoms. The predicted octanol–water partition coefficient (Wildman–Crippen LogP) is 0.00800. The second-order valence-corrected chi connectivity index (χ2v) is 5.87. The number of hydrogen-bond donors (Lipinski definition) is 1. The summed E-state index contributed by atoms with van der Waals surface area (Å²) in [5, 5.41) is 7.53. The first-order valence-electron chi connectivity index (χ1n) is 7.80. The molecule has 0 aromatic carbocycles. The van der Waals surface area contributed by atoms with Crippen molar-refractivity contribution in [2.75, 3.05) is 40.4 Å². The van der Waals surface area contributed by atoms with Gasteiger partial charge in [0.2, 0.25) is 5.91 Å². The third-order valence-electron chi connectivity index (χ3n) is 4.09. The number of nitrogens with one attached hydrogen (secondary N) is 1. The Labute approximate surface area is 134 Å². The zero-order chi connectivity index (χ0) is 16.2. The van der Waals surface area contributed by atoms with E-state index in [9.17, 15) is 4.79 Å². The van der Waals surface area contributed by atoms with Gasteiger partial charge in [0.1, 0.15) is 12.1 Å². The maximum Gasteiger partial charge on any atom is 0.246 e. The van der Waals surface area contributed by atoms with Gasteiger partial charge in [-0.1, -0.05) is 0 Å². The minimum absolute atomic E-state index is 0.0688. The molecule has 2 aromatic rings. The highest BCUT2D eigenvalue weighted by atomic mass is 16.5. The minimum Gasteiger partial charge on any atom is -0.375 e. The molecule has 2 aromatic heterocycles. The largest absolute Gasteiger partial charge is 0.375 e. The number of methoxy groups -OCH3 is 1. The van der Waals surface area contributed by atoms with Crippen molar-refractivity contribution >= 4 is 17.1 Å². The van der Waals surface area contributed by atoms with Crippen LogP contribution in [0.3, 0.4) is 0 Å². The molecular weight excluding hydrogens is 296 g/mol. The van der Waals surface area contributed by atoms with Gasteiger partial charge in [0.25, 0.3) is 0 Å². The zero-order valence-corrected chi connectivity index (χ0v) is 13.5. The first-order valence-corrected chi connectivity index (χ1v) is 7.80. The van der Waals surface area contributed by atoms with Gasteiger partial charge in [-0.25, -0.2) is 14.6 Å². The van der Waals surface area contributed by atoms with Crippen molar-refractivity contribution in [1.29, 1.82) is 0 Å². The van der Waals surface area contributed by atoms with Gasteiger partial charge >= 0.3 is 0 Å². The van der Waals surface area contributed by atoms with Gasteiger partial charge < -0.3 is 15.0 Å². The van der Waals surface area contributed by atoms with E-state index in [1.807, 2.05) is 4.68 Å². The number of rotatable bonds is 6. The molecule has 1 saturated heterocycles.